The zero-order valence-corrected chi connectivity index (χ0v) is 19.3. The zero-order chi connectivity index (χ0) is 21.6. The molecule has 2 amide bonds. The number of unbranched alkanes of at least 4 members (excludes halogenated alkanes) is 10. The van der Waals surface area contributed by atoms with Crippen molar-refractivity contribution < 1.29 is 9.59 Å². The molecule has 1 fully saturated rings. The van der Waals surface area contributed by atoms with Gasteiger partial charge in [-0.1, -0.05) is 77.6 Å². The molecule has 1 rings (SSSR count). The van der Waals surface area contributed by atoms with Gasteiger partial charge in [0, 0.05) is 25.9 Å². The highest BCUT2D eigenvalue weighted by molar-refractivity contribution is 5.76. The number of nitrogens with two attached hydrogens (primary N) is 2. The molecule has 4 N–H and O–H groups in total. The van der Waals surface area contributed by atoms with Gasteiger partial charge in [0.2, 0.25) is 11.8 Å². The summed E-state index contributed by atoms with van der Waals surface area (Å²) in [5.74, 6) is -0.0337. The quantitative estimate of drug-likeness (QED) is 0.358. The Morgan fingerprint density at radius 3 is 1.66 bits per heavy atom. The minimum atomic E-state index is -0.276. The molecule has 0 radical (unpaired) electrons. The second-order valence-electron chi connectivity index (χ2n) is 8.44. The fourth-order valence-corrected chi connectivity index (χ4v) is 3.69. The molecule has 0 aromatic carbocycles. The van der Waals surface area contributed by atoms with Crippen molar-refractivity contribution in [2.75, 3.05) is 19.6 Å². The third kappa shape index (κ3) is 20.0. The van der Waals surface area contributed by atoms with E-state index in [1.165, 1.54) is 77.0 Å². The Labute approximate surface area is 180 Å². The molecule has 0 aliphatic carbocycles. The van der Waals surface area contributed by atoms with E-state index in [0.29, 0.717) is 12.8 Å². The number of likely N-dealkylation sites (tertiary alicyclic amines) is 1. The fourth-order valence-electron chi connectivity index (χ4n) is 3.69. The van der Waals surface area contributed by atoms with Crippen LogP contribution in [0.2, 0.25) is 0 Å². The fraction of sp³-hybridized carbons (Fsp3) is 0.917. The predicted octanol–water partition coefficient (Wildman–Crippen LogP) is 5.30. The molecule has 172 valence electrons. The summed E-state index contributed by atoms with van der Waals surface area (Å²) in [6.07, 6.45) is 21.1. The van der Waals surface area contributed by atoms with Crippen LogP contribution in [0.5, 0.6) is 0 Å². The minimum absolute atomic E-state index is 0.242. The molecule has 1 aliphatic heterocycles. The zero-order valence-electron chi connectivity index (χ0n) is 19.3. The maximum absolute atomic E-state index is 11.8. The van der Waals surface area contributed by atoms with Crippen molar-refractivity contribution in [3.8, 4) is 0 Å². The predicted molar refractivity (Wildman–Crippen MR) is 124 cm³/mol. The highest BCUT2D eigenvalue weighted by Gasteiger charge is 2.14. The van der Waals surface area contributed by atoms with E-state index in [2.05, 4.69) is 6.92 Å². The Morgan fingerprint density at radius 1 is 0.690 bits per heavy atom. The molecule has 0 spiro atoms. The molecule has 1 heterocycles. The lowest BCUT2D eigenvalue weighted by Gasteiger charge is -2.20. The van der Waals surface area contributed by atoms with E-state index >= 15 is 0 Å². The normalized spacial score (nSPS) is 14.1. The summed E-state index contributed by atoms with van der Waals surface area (Å²) in [5, 5.41) is 0. The van der Waals surface area contributed by atoms with Crippen LogP contribution in [0.25, 0.3) is 0 Å². The van der Waals surface area contributed by atoms with Gasteiger partial charge in [-0.15, -0.1) is 0 Å². The lowest BCUT2D eigenvalue weighted by molar-refractivity contribution is -0.131. The molecule has 0 saturated carbocycles. The summed E-state index contributed by atoms with van der Waals surface area (Å²) < 4.78 is 0. The van der Waals surface area contributed by atoms with Crippen LogP contribution in [0.3, 0.4) is 0 Å². The first-order chi connectivity index (χ1) is 14.1. The number of primary amides is 1. The molecular weight excluding hydrogens is 362 g/mol. The Kier molecular flexibility index (Phi) is 20.8. The molecule has 0 aromatic rings. The van der Waals surface area contributed by atoms with E-state index in [9.17, 15) is 9.59 Å². The van der Waals surface area contributed by atoms with E-state index in [-0.39, 0.29) is 11.8 Å². The third-order valence-corrected chi connectivity index (χ3v) is 5.58. The molecule has 0 atom stereocenters. The first kappa shape index (κ1) is 27.9. The Morgan fingerprint density at radius 2 is 1.17 bits per heavy atom. The lowest BCUT2D eigenvalue weighted by atomic mass is 10.1. The van der Waals surface area contributed by atoms with Crippen LogP contribution in [-0.4, -0.2) is 36.3 Å². The van der Waals surface area contributed by atoms with Gasteiger partial charge in [0.25, 0.3) is 0 Å². The number of carbonyl (C=O) groups is 2. The van der Waals surface area contributed by atoms with Crippen molar-refractivity contribution in [2.24, 2.45) is 11.5 Å². The van der Waals surface area contributed by atoms with E-state index in [4.69, 9.17) is 11.5 Å². The highest BCUT2D eigenvalue weighted by atomic mass is 16.2. The van der Waals surface area contributed by atoms with Gasteiger partial charge in [0.05, 0.1) is 0 Å². The molecule has 0 aromatic heterocycles. The van der Waals surface area contributed by atoms with Crippen molar-refractivity contribution in [3.05, 3.63) is 0 Å². The van der Waals surface area contributed by atoms with Crippen LogP contribution in [-0.2, 0) is 9.59 Å². The van der Waals surface area contributed by atoms with Crippen molar-refractivity contribution in [1.29, 1.82) is 0 Å². The first-order valence-corrected chi connectivity index (χ1v) is 12.4. The van der Waals surface area contributed by atoms with Crippen molar-refractivity contribution in [3.63, 3.8) is 0 Å². The van der Waals surface area contributed by atoms with E-state index < -0.39 is 0 Å². The molecule has 0 bridgehead atoms. The summed E-state index contributed by atoms with van der Waals surface area (Å²) >= 11 is 0. The Bertz CT molecular complexity index is 370. The van der Waals surface area contributed by atoms with Crippen LogP contribution in [0.15, 0.2) is 0 Å². The first-order valence-electron chi connectivity index (χ1n) is 12.4. The molecule has 1 aliphatic rings. The number of amides is 2. The van der Waals surface area contributed by atoms with E-state index in [1.54, 1.807) is 0 Å². The molecule has 1 saturated heterocycles. The summed E-state index contributed by atoms with van der Waals surface area (Å²) in [4.78, 5) is 24.3. The largest absolute Gasteiger partial charge is 0.370 e. The summed E-state index contributed by atoms with van der Waals surface area (Å²) in [7, 11) is 0. The molecular formula is C24H49N3O2. The Balaban J connectivity index is 0.000000555. The summed E-state index contributed by atoms with van der Waals surface area (Å²) in [6, 6.07) is 0. The van der Waals surface area contributed by atoms with Gasteiger partial charge in [-0.05, 0) is 38.6 Å². The SMILES string of the molecule is CCCCCCCCCCCCN.NC(=O)CCCCC(=O)N1CCCCCC1. The minimum Gasteiger partial charge on any atom is -0.370 e. The average Bonchev–Trinajstić information content (AvgIpc) is 3.00. The van der Waals surface area contributed by atoms with E-state index in [1.807, 2.05) is 4.90 Å². The van der Waals surface area contributed by atoms with Crippen LogP contribution < -0.4 is 11.5 Å². The van der Waals surface area contributed by atoms with Gasteiger partial charge in [-0.3, -0.25) is 9.59 Å². The monoisotopic (exact) mass is 411 g/mol. The highest BCUT2D eigenvalue weighted by Crippen LogP contribution is 2.12. The van der Waals surface area contributed by atoms with Crippen LogP contribution in [0.4, 0.5) is 0 Å². The molecule has 5 heteroatoms. The maximum atomic E-state index is 11.8. The second-order valence-corrected chi connectivity index (χ2v) is 8.44. The summed E-state index contributed by atoms with van der Waals surface area (Å²) in [5.41, 5.74) is 10.5. The van der Waals surface area contributed by atoms with Crippen LogP contribution in [0.1, 0.15) is 122 Å². The van der Waals surface area contributed by atoms with Crippen molar-refractivity contribution in [1.82, 2.24) is 4.90 Å². The van der Waals surface area contributed by atoms with E-state index in [0.717, 1.165) is 45.3 Å². The standard InChI is InChI=1S/C12H22N2O2.C12H27N/c13-11(15)7-3-4-8-12(16)14-9-5-1-2-6-10-14;1-2-3-4-5-6-7-8-9-10-11-12-13/h1-10H2,(H2,13,15);2-13H2,1H3. The van der Waals surface area contributed by atoms with Gasteiger partial charge < -0.3 is 16.4 Å². The summed E-state index contributed by atoms with van der Waals surface area (Å²) in [6.45, 7) is 4.96. The molecule has 5 nitrogen and oxygen atoms in total. The average molecular weight is 412 g/mol. The van der Waals surface area contributed by atoms with Gasteiger partial charge in [0.1, 0.15) is 0 Å². The topological polar surface area (TPSA) is 89.4 Å². The number of nitrogens with zero attached hydrogens (tertiary/aromatic N) is 1. The lowest BCUT2D eigenvalue weighted by Crippen LogP contribution is -2.31. The Hall–Kier alpha value is -1.10. The number of carbonyl (C=O) groups excluding carboxylic acids is 2. The van der Waals surface area contributed by atoms with Crippen LogP contribution in [0, 0.1) is 0 Å². The third-order valence-electron chi connectivity index (χ3n) is 5.58. The number of rotatable bonds is 15. The van der Waals surface area contributed by atoms with Crippen molar-refractivity contribution in [2.45, 2.75) is 122 Å². The smallest absolute Gasteiger partial charge is 0.222 e. The number of hydrogen-bond acceptors (Lipinski definition) is 3. The van der Waals surface area contributed by atoms with Gasteiger partial charge in [-0.2, -0.15) is 0 Å². The molecule has 29 heavy (non-hydrogen) atoms. The maximum Gasteiger partial charge on any atom is 0.222 e. The van der Waals surface area contributed by atoms with Crippen LogP contribution >= 0.6 is 0 Å². The van der Waals surface area contributed by atoms with Gasteiger partial charge in [0.15, 0.2) is 0 Å². The van der Waals surface area contributed by atoms with Crippen molar-refractivity contribution >= 4 is 11.8 Å². The number of hydrogen-bond donors (Lipinski definition) is 2. The molecule has 0 unspecified atom stereocenters. The van der Waals surface area contributed by atoms with Gasteiger partial charge in [-0.25, -0.2) is 0 Å². The second kappa shape index (κ2) is 21.6. The van der Waals surface area contributed by atoms with Gasteiger partial charge >= 0.3 is 0 Å².